The second-order valence-corrected chi connectivity index (χ2v) is 7.91. The van der Waals surface area contributed by atoms with E-state index >= 15 is 0 Å². The van der Waals surface area contributed by atoms with Crippen LogP contribution in [0.5, 0.6) is 0 Å². The van der Waals surface area contributed by atoms with Crippen molar-refractivity contribution >= 4 is 5.69 Å². The number of rotatable bonds is 4. The van der Waals surface area contributed by atoms with Crippen LogP contribution in [0.4, 0.5) is 5.69 Å². The predicted octanol–water partition coefficient (Wildman–Crippen LogP) is 7.29. The maximum atomic E-state index is 6.50. The van der Waals surface area contributed by atoms with E-state index in [1.54, 1.807) is 0 Å². The molecule has 0 aliphatic carbocycles. The van der Waals surface area contributed by atoms with Gasteiger partial charge in [0.1, 0.15) is 6.10 Å². The minimum Gasteiger partial charge on any atom is -0.265 e. The highest BCUT2D eigenvalue weighted by atomic mass is 16.7. The molecule has 1 aliphatic rings. The number of hydrogen-bond acceptors (Lipinski definition) is 2. The molecular weight excluding hydrogens is 366 g/mol. The van der Waals surface area contributed by atoms with E-state index < -0.39 is 0 Å². The van der Waals surface area contributed by atoms with Crippen molar-refractivity contribution in [2.24, 2.45) is 0 Å². The maximum absolute atomic E-state index is 6.50. The van der Waals surface area contributed by atoms with Gasteiger partial charge in [0, 0.05) is 6.42 Å². The van der Waals surface area contributed by atoms with Gasteiger partial charge in [-0.25, -0.2) is 5.06 Å². The standard InChI is InChI=1S/C28H25NO/c1-21-9-8-14-26(19-21)29-27(20-28(30-29)25-12-6-3-7-13-25)24-17-15-23(16-18-24)22-10-4-2-5-11-22/h2-19,27-28H,20H2,1H3. The number of aryl methyl sites for hydroxylation is 1. The van der Waals surface area contributed by atoms with Crippen LogP contribution in [0.15, 0.2) is 109 Å². The van der Waals surface area contributed by atoms with Crippen molar-refractivity contribution in [2.75, 3.05) is 5.06 Å². The normalized spacial score (nSPS) is 18.5. The molecule has 0 saturated carbocycles. The largest absolute Gasteiger partial charge is 0.265 e. The molecule has 2 nitrogen and oxygen atoms in total. The van der Waals surface area contributed by atoms with Crippen LogP contribution in [-0.2, 0) is 4.84 Å². The van der Waals surface area contributed by atoms with Gasteiger partial charge in [0.2, 0.25) is 0 Å². The van der Waals surface area contributed by atoms with Gasteiger partial charge in [-0.05, 0) is 46.9 Å². The maximum Gasteiger partial charge on any atom is 0.113 e. The summed E-state index contributed by atoms with van der Waals surface area (Å²) >= 11 is 0. The molecule has 2 unspecified atom stereocenters. The lowest BCUT2D eigenvalue weighted by molar-refractivity contribution is 0.0836. The van der Waals surface area contributed by atoms with Crippen LogP contribution in [0.2, 0.25) is 0 Å². The van der Waals surface area contributed by atoms with Crippen molar-refractivity contribution in [1.29, 1.82) is 0 Å². The molecule has 1 heterocycles. The molecule has 4 aromatic rings. The van der Waals surface area contributed by atoms with Gasteiger partial charge >= 0.3 is 0 Å². The van der Waals surface area contributed by atoms with Crippen LogP contribution in [0, 0.1) is 6.92 Å². The first kappa shape index (κ1) is 18.7. The molecule has 1 saturated heterocycles. The van der Waals surface area contributed by atoms with Gasteiger partial charge < -0.3 is 0 Å². The molecule has 0 amide bonds. The molecular formula is C28H25NO. The molecule has 2 heteroatoms. The summed E-state index contributed by atoms with van der Waals surface area (Å²) in [7, 11) is 0. The van der Waals surface area contributed by atoms with Gasteiger partial charge in [-0.3, -0.25) is 4.84 Å². The quantitative estimate of drug-likeness (QED) is 0.362. The Morgan fingerprint density at radius 1 is 0.667 bits per heavy atom. The van der Waals surface area contributed by atoms with Gasteiger partial charge in [0.15, 0.2) is 0 Å². The fraction of sp³-hybridized carbons (Fsp3) is 0.143. The molecule has 0 spiro atoms. The molecule has 30 heavy (non-hydrogen) atoms. The first-order valence-electron chi connectivity index (χ1n) is 10.5. The van der Waals surface area contributed by atoms with E-state index in [-0.39, 0.29) is 12.1 Å². The van der Waals surface area contributed by atoms with E-state index in [0.717, 1.165) is 12.1 Å². The van der Waals surface area contributed by atoms with Gasteiger partial charge in [0.25, 0.3) is 0 Å². The Morgan fingerprint density at radius 3 is 2.03 bits per heavy atom. The van der Waals surface area contributed by atoms with Crippen LogP contribution in [0.3, 0.4) is 0 Å². The molecule has 0 aromatic heterocycles. The smallest absolute Gasteiger partial charge is 0.113 e. The molecule has 0 radical (unpaired) electrons. The second kappa shape index (κ2) is 8.17. The van der Waals surface area contributed by atoms with Crippen LogP contribution in [0.25, 0.3) is 11.1 Å². The fourth-order valence-corrected chi connectivity index (χ4v) is 4.22. The molecule has 0 N–H and O–H groups in total. The molecule has 148 valence electrons. The zero-order valence-corrected chi connectivity index (χ0v) is 17.1. The van der Waals surface area contributed by atoms with Crippen molar-refractivity contribution in [1.82, 2.24) is 0 Å². The van der Waals surface area contributed by atoms with E-state index in [2.05, 4.69) is 121 Å². The second-order valence-electron chi connectivity index (χ2n) is 7.91. The van der Waals surface area contributed by atoms with Crippen molar-refractivity contribution in [3.63, 3.8) is 0 Å². The van der Waals surface area contributed by atoms with Crippen LogP contribution >= 0.6 is 0 Å². The first-order chi connectivity index (χ1) is 14.8. The Labute approximate surface area is 178 Å². The van der Waals surface area contributed by atoms with Gasteiger partial charge in [-0.1, -0.05) is 97.1 Å². The average molecular weight is 392 g/mol. The lowest BCUT2D eigenvalue weighted by Crippen LogP contribution is -2.21. The van der Waals surface area contributed by atoms with Gasteiger partial charge in [-0.15, -0.1) is 0 Å². The van der Waals surface area contributed by atoms with Crippen molar-refractivity contribution in [2.45, 2.75) is 25.5 Å². The molecule has 4 aromatic carbocycles. The van der Waals surface area contributed by atoms with Crippen molar-refractivity contribution in [3.05, 3.63) is 126 Å². The monoisotopic (exact) mass is 391 g/mol. The highest BCUT2D eigenvalue weighted by Gasteiger charge is 2.35. The Bertz CT molecular complexity index is 1110. The molecule has 1 fully saturated rings. The van der Waals surface area contributed by atoms with E-state index in [0.29, 0.717) is 0 Å². The zero-order chi connectivity index (χ0) is 20.3. The number of hydroxylamine groups is 1. The van der Waals surface area contributed by atoms with Gasteiger partial charge in [0.05, 0.1) is 11.7 Å². The Kier molecular flexibility index (Phi) is 5.08. The SMILES string of the molecule is Cc1cccc(N2OC(c3ccccc3)CC2c2ccc(-c3ccccc3)cc2)c1. The Balaban J connectivity index is 1.49. The first-order valence-corrected chi connectivity index (χ1v) is 10.5. The fourth-order valence-electron chi connectivity index (χ4n) is 4.22. The van der Waals surface area contributed by atoms with Crippen LogP contribution in [-0.4, -0.2) is 0 Å². The minimum absolute atomic E-state index is 0.0468. The van der Waals surface area contributed by atoms with Crippen LogP contribution < -0.4 is 5.06 Å². The highest BCUT2D eigenvalue weighted by molar-refractivity contribution is 5.64. The average Bonchev–Trinajstić information content (AvgIpc) is 3.26. The Morgan fingerprint density at radius 2 is 1.33 bits per heavy atom. The topological polar surface area (TPSA) is 12.5 Å². The van der Waals surface area contributed by atoms with Crippen LogP contribution in [0.1, 0.15) is 35.3 Å². The summed E-state index contributed by atoms with van der Waals surface area (Å²) < 4.78 is 0. The van der Waals surface area contributed by atoms with Crippen molar-refractivity contribution < 1.29 is 4.84 Å². The van der Waals surface area contributed by atoms with E-state index in [1.807, 2.05) is 0 Å². The molecule has 0 bridgehead atoms. The minimum atomic E-state index is 0.0468. The predicted molar refractivity (Wildman–Crippen MR) is 123 cm³/mol. The summed E-state index contributed by atoms with van der Waals surface area (Å²) in [5, 5.41) is 2.10. The van der Waals surface area contributed by atoms with Crippen molar-refractivity contribution in [3.8, 4) is 11.1 Å². The third-order valence-electron chi connectivity index (χ3n) is 5.79. The summed E-state index contributed by atoms with van der Waals surface area (Å²) in [4.78, 5) is 6.50. The number of hydrogen-bond donors (Lipinski definition) is 0. The molecule has 1 aliphatic heterocycles. The Hall–Kier alpha value is -3.36. The lowest BCUT2D eigenvalue weighted by atomic mass is 9.95. The highest BCUT2D eigenvalue weighted by Crippen LogP contribution is 2.44. The lowest BCUT2D eigenvalue weighted by Gasteiger charge is -2.25. The third kappa shape index (κ3) is 3.74. The summed E-state index contributed by atoms with van der Waals surface area (Å²) in [6.07, 6.45) is 0.966. The summed E-state index contributed by atoms with van der Waals surface area (Å²) in [6, 6.07) is 38.7. The number of anilines is 1. The zero-order valence-electron chi connectivity index (χ0n) is 17.1. The third-order valence-corrected chi connectivity index (χ3v) is 5.79. The van der Waals surface area contributed by atoms with Gasteiger partial charge in [-0.2, -0.15) is 0 Å². The molecule has 2 atom stereocenters. The summed E-state index contributed by atoms with van der Waals surface area (Å²) in [5.74, 6) is 0. The number of benzene rings is 4. The van der Waals surface area contributed by atoms with E-state index in [4.69, 9.17) is 4.84 Å². The van der Waals surface area contributed by atoms with E-state index in [9.17, 15) is 0 Å². The summed E-state index contributed by atoms with van der Waals surface area (Å²) in [5.41, 5.74) is 7.31. The number of nitrogens with zero attached hydrogens (tertiary/aromatic N) is 1. The summed E-state index contributed by atoms with van der Waals surface area (Å²) in [6.45, 7) is 2.12. The molecule has 5 rings (SSSR count). The van der Waals surface area contributed by atoms with E-state index in [1.165, 1.54) is 27.8 Å².